The van der Waals surface area contributed by atoms with E-state index in [2.05, 4.69) is 24.1 Å². The van der Waals surface area contributed by atoms with Crippen molar-refractivity contribution in [1.82, 2.24) is 15.2 Å². The van der Waals surface area contributed by atoms with Gasteiger partial charge in [-0.15, -0.1) is 0 Å². The number of rotatable bonds is 6. The highest BCUT2D eigenvalue weighted by atomic mass is 16.2. The molecule has 0 aliphatic carbocycles. The molecule has 0 radical (unpaired) electrons. The van der Waals surface area contributed by atoms with Gasteiger partial charge in [-0.1, -0.05) is 26.7 Å². The van der Waals surface area contributed by atoms with Crippen LogP contribution in [0.4, 0.5) is 0 Å². The van der Waals surface area contributed by atoms with Crippen molar-refractivity contribution < 1.29 is 9.59 Å². The lowest BCUT2D eigenvalue weighted by Gasteiger charge is -2.30. The lowest BCUT2D eigenvalue weighted by molar-refractivity contribution is 0.0677. The highest BCUT2D eigenvalue weighted by Crippen LogP contribution is 2.17. The third kappa shape index (κ3) is 5.05. The molecule has 0 saturated carbocycles. The first-order valence-electron chi connectivity index (χ1n) is 8.65. The number of carbonyl (C=O) groups excluding carboxylic acids is 2. The number of aromatic nitrogens is 1. The van der Waals surface area contributed by atoms with Crippen LogP contribution in [0.3, 0.4) is 0 Å². The molecule has 1 saturated heterocycles. The molecule has 0 aromatic carbocycles. The van der Waals surface area contributed by atoms with Crippen LogP contribution < -0.4 is 5.32 Å². The summed E-state index contributed by atoms with van der Waals surface area (Å²) in [4.78, 5) is 30.7. The Labute approximate surface area is 138 Å². The van der Waals surface area contributed by atoms with Crippen LogP contribution in [0.5, 0.6) is 0 Å². The number of amides is 2. The molecule has 1 aromatic heterocycles. The highest BCUT2D eigenvalue weighted by molar-refractivity contribution is 5.98. The van der Waals surface area contributed by atoms with Crippen LogP contribution in [-0.2, 0) is 0 Å². The molecule has 126 valence electrons. The van der Waals surface area contributed by atoms with E-state index >= 15 is 0 Å². The van der Waals surface area contributed by atoms with Crippen LogP contribution >= 0.6 is 0 Å². The number of unbranched alkanes of at least 4 members (excludes halogenated alkanes) is 2. The maximum Gasteiger partial charge on any atom is 0.272 e. The summed E-state index contributed by atoms with van der Waals surface area (Å²) in [7, 11) is 0. The smallest absolute Gasteiger partial charge is 0.272 e. The van der Waals surface area contributed by atoms with E-state index in [-0.39, 0.29) is 11.8 Å². The van der Waals surface area contributed by atoms with Gasteiger partial charge < -0.3 is 10.2 Å². The number of hydrogen-bond acceptors (Lipinski definition) is 3. The standard InChI is InChI=1S/C18H27N3O2/c1-3-4-5-9-20-17(22)15-8-10-19-16(12-15)18(23)21-11-6-7-14(2)13-21/h8,10,12,14H,3-7,9,11,13H2,1-2H3,(H,20,22). The number of carbonyl (C=O) groups is 2. The van der Waals surface area contributed by atoms with Crippen molar-refractivity contribution in [2.75, 3.05) is 19.6 Å². The SMILES string of the molecule is CCCCCNC(=O)c1ccnc(C(=O)N2CCCC(C)C2)c1. The molecule has 1 N–H and O–H groups in total. The normalized spacial score (nSPS) is 17.8. The van der Waals surface area contributed by atoms with Crippen LogP contribution in [-0.4, -0.2) is 41.3 Å². The van der Waals surface area contributed by atoms with Gasteiger partial charge in [0, 0.05) is 31.4 Å². The van der Waals surface area contributed by atoms with Crippen LogP contribution in [0, 0.1) is 5.92 Å². The van der Waals surface area contributed by atoms with Gasteiger partial charge in [0.25, 0.3) is 11.8 Å². The third-order valence-electron chi connectivity index (χ3n) is 4.25. The number of piperidine rings is 1. The third-order valence-corrected chi connectivity index (χ3v) is 4.25. The molecule has 5 heteroatoms. The van der Waals surface area contributed by atoms with Crippen LogP contribution in [0.25, 0.3) is 0 Å². The number of nitrogens with one attached hydrogen (secondary N) is 1. The minimum atomic E-state index is -0.135. The van der Waals surface area contributed by atoms with Crippen molar-refractivity contribution in [2.24, 2.45) is 5.92 Å². The molecule has 1 fully saturated rings. The Hall–Kier alpha value is -1.91. The molecule has 2 heterocycles. The van der Waals surface area contributed by atoms with Gasteiger partial charge in [-0.05, 0) is 37.3 Å². The Morgan fingerprint density at radius 2 is 2.22 bits per heavy atom. The number of nitrogens with zero attached hydrogens (tertiary/aromatic N) is 2. The van der Waals surface area contributed by atoms with Crippen LogP contribution in [0.15, 0.2) is 18.3 Å². The van der Waals surface area contributed by atoms with E-state index in [0.717, 1.165) is 45.2 Å². The van der Waals surface area contributed by atoms with Crippen molar-refractivity contribution in [3.05, 3.63) is 29.6 Å². The average molecular weight is 317 g/mol. The number of likely N-dealkylation sites (tertiary alicyclic amines) is 1. The van der Waals surface area contributed by atoms with Gasteiger partial charge in [-0.2, -0.15) is 0 Å². The number of hydrogen-bond donors (Lipinski definition) is 1. The zero-order chi connectivity index (χ0) is 16.7. The molecule has 2 rings (SSSR count). The molecule has 1 aromatic rings. The molecule has 1 aliphatic heterocycles. The van der Waals surface area contributed by atoms with Gasteiger partial charge in [0.2, 0.25) is 0 Å². The van der Waals surface area contributed by atoms with E-state index < -0.39 is 0 Å². The predicted octanol–water partition coefficient (Wildman–Crippen LogP) is 2.87. The summed E-state index contributed by atoms with van der Waals surface area (Å²) in [6.45, 7) is 6.51. The maximum atomic E-state index is 12.6. The highest BCUT2D eigenvalue weighted by Gasteiger charge is 2.23. The maximum absolute atomic E-state index is 12.6. The fourth-order valence-electron chi connectivity index (χ4n) is 2.90. The van der Waals surface area contributed by atoms with Gasteiger partial charge in [-0.3, -0.25) is 14.6 Å². The van der Waals surface area contributed by atoms with Crippen molar-refractivity contribution in [2.45, 2.75) is 46.0 Å². The summed E-state index contributed by atoms with van der Waals surface area (Å²) in [6, 6.07) is 3.27. The zero-order valence-corrected chi connectivity index (χ0v) is 14.2. The van der Waals surface area contributed by atoms with E-state index in [1.165, 1.54) is 0 Å². The number of pyridine rings is 1. The first-order valence-corrected chi connectivity index (χ1v) is 8.65. The van der Waals surface area contributed by atoms with Crippen molar-refractivity contribution in [3.8, 4) is 0 Å². The Morgan fingerprint density at radius 1 is 1.39 bits per heavy atom. The van der Waals surface area contributed by atoms with Crippen molar-refractivity contribution >= 4 is 11.8 Å². The monoisotopic (exact) mass is 317 g/mol. The van der Waals surface area contributed by atoms with Gasteiger partial charge in [0.05, 0.1) is 0 Å². The Balaban J connectivity index is 1.98. The largest absolute Gasteiger partial charge is 0.352 e. The van der Waals surface area contributed by atoms with Gasteiger partial charge in [0.1, 0.15) is 5.69 Å². The minimum absolute atomic E-state index is 0.0721. The van der Waals surface area contributed by atoms with Gasteiger partial charge >= 0.3 is 0 Å². The summed E-state index contributed by atoms with van der Waals surface area (Å²) in [5.41, 5.74) is 0.866. The van der Waals surface area contributed by atoms with E-state index in [9.17, 15) is 9.59 Å². The first-order chi connectivity index (χ1) is 11.1. The van der Waals surface area contributed by atoms with Crippen molar-refractivity contribution in [3.63, 3.8) is 0 Å². The van der Waals surface area contributed by atoms with Crippen molar-refractivity contribution in [1.29, 1.82) is 0 Å². The summed E-state index contributed by atoms with van der Waals surface area (Å²) in [5.74, 6) is 0.319. The lowest BCUT2D eigenvalue weighted by Crippen LogP contribution is -2.39. The molecule has 2 amide bonds. The molecule has 1 atom stereocenters. The fraction of sp³-hybridized carbons (Fsp3) is 0.611. The topological polar surface area (TPSA) is 62.3 Å². The Kier molecular flexibility index (Phi) is 6.56. The fourth-order valence-corrected chi connectivity index (χ4v) is 2.90. The second kappa shape index (κ2) is 8.65. The van der Waals surface area contributed by atoms with Crippen LogP contribution in [0.1, 0.15) is 66.8 Å². The summed E-state index contributed by atoms with van der Waals surface area (Å²) >= 11 is 0. The second-order valence-electron chi connectivity index (χ2n) is 6.39. The minimum Gasteiger partial charge on any atom is -0.352 e. The Bertz CT molecular complexity index is 545. The van der Waals surface area contributed by atoms with E-state index in [1.807, 2.05) is 4.90 Å². The molecule has 0 spiro atoms. The summed E-state index contributed by atoms with van der Waals surface area (Å²) in [5, 5.41) is 2.89. The molecular formula is C18H27N3O2. The van der Waals surface area contributed by atoms with Gasteiger partial charge in [-0.25, -0.2) is 0 Å². The molecular weight excluding hydrogens is 290 g/mol. The molecule has 1 unspecified atom stereocenters. The second-order valence-corrected chi connectivity index (χ2v) is 6.39. The van der Waals surface area contributed by atoms with E-state index in [4.69, 9.17) is 0 Å². The first kappa shape index (κ1) is 17.4. The van der Waals surface area contributed by atoms with E-state index in [1.54, 1.807) is 18.3 Å². The lowest BCUT2D eigenvalue weighted by atomic mass is 10.00. The molecule has 0 bridgehead atoms. The predicted molar refractivity (Wildman–Crippen MR) is 90.4 cm³/mol. The summed E-state index contributed by atoms with van der Waals surface area (Å²) in [6.07, 6.45) is 6.94. The van der Waals surface area contributed by atoms with E-state index in [0.29, 0.717) is 23.7 Å². The average Bonchev–Trinajstić information content (AvgIpc) is 2.58. The summed E-state index contributed by atoms with van der Waals surface area (Å²) < 4.78 is 0. The zero-order valence-electron chi connectivity index (χ0n) is 14.2. The molecule has 23 heavy (non-hydrogen) atoms. The quantitative estimate of drug-likeness (QED) is 0.821. The van der Waals surface area contributed by atoms with Gasteiger partial charge in [0.15, 0.2) is 0 Å². The molecule has 5 nitrogen and oxygen atoms in total. The molecule has 1 aliphatic rings. The van der Waals surface area contributed by atoms with Crippen LogP contribution in [0.2, 0.25) is 0 Å². The Morgan fingerprint density at radius 3 is 2.96 bits per heavy atom.